The molecule has 0 bridgehead atoms. The molecular formula is C17H17ClN2O5S. The molecule has 0 aliphatic heterocycles. The first-order valence-electron chi connectivity index (χ1n) is 7.68. The maximum absolute atomic E-state index is 12.5. The van der Waals surface area contributed by atoms with Crippen molar-refractivity contribution in [3.8, 4) is 0 Å². The highest BCUT2D eigenvalue weighted by Gasteiger charge is 2.19. The van der Waals surface area contributed by atoms with Crippen molar-refractivity contribution in [2.45, 2.75) is 24.3 Å². The molecule has 1 amide bonds. The van der Waals surface area contributed by atoms with Gasteiger partial charge in [0.15, 0.2) is 9.84 Å². The van der Waals surface area contributed by atoms with Crippen LogP contribution in [0.25, 0.3) is 0 Å². The molecule has 0 aromatic heterocycles. The predicted molar refractivity (Wildman–Crippen MR) is 98.2 cm³/mol. The Labute approximate surface area is 156 Å². The summed E-state index contributed by atoms with van der Waals surface area (Å²) >= 11 is 5.99. The van der Waals surface area contributed by atoms with Crippen LogP contribution in [0.4, 0.5) is 5.69 Å². The quantitative estimate of drug-likeness (QED) is 0.593. The van der Waals surface area contributed by atoms with Crippen LogP contribution in [0.1, 0.15) is 35.3 Å². The molecule has 0 spiro atoms. The van der Waals surface area contributed by atoms with Gasteiger partial charge in [0.2, 0.25) is 0 Å². The fourth-order valence-corrected chi connectivity index (χ4v) is 3.24. The number of nitrogens with one attached hydrogen (secondary N) is 1. The minimum Gasteiger partial charge on any atom is -0.345 e. The lowest BCUT2D eigenvalue weighted by atomic mass is 10.0. The summed E-state index contributed by atoms with van der Waals surface area (Å²) in [6.07, 6.45) is 1.65. The maximum Gasteiger partial charge on any atom is 0.270 e. The number of benzene rings is 2. The van der Waals surface area contributed by atoms with Crippen LogP contribution in [0.5, 0.6) is 0 Å². The van der Waals surface area contributed by atoms with Gasteiger partial charge in [-0.05, 0) is 30.2 Å². The summed E-state index contributed by atoms with van der Waals surface area (Å²) in [5.74, 6) is -0.544. The van der Waals surface area contributed by atoms with Gasteiger partial charge in [0, 0.05) is 18.4 Å². The van der Waals surface area contributed by atoms with Gasteiger partial charge in [-0.3, -0.25) is 14.9 Å². The first-order chi connectivity index (χ1) is 12.1. The van der Waals surface area contributed by atoms with Crippen LogP contribution in [-0.2, 0) is 9.84 Å². The number of nitro benzene ring substituents is 1. The van der Waals surface area contributed by atoms with Crippen molar-refractivity contribution in [2.75, 3.05) is 6.26 Å². The van der Waals surface area contributed by atoms with E-state index in [4.69, 9.17) is 11.6 Å². The minimum atomic E-state index is -3.31. The van der Waals surface area contributed by atoms with Crippen LogP contribution in [0.3, 0.4) is 0 Å². The Kier molecular flexibility index (Phi) is 5.99. The molecule has 0 saturated heterocycles. The zero-order valence-electron chi connectivity index (χ0n) is 14.1. The van der Waals surface area contributed by atoms with Gasteiger partial charge < -0.3 is 5.32 Å². The fourth-order valence-electron chi connectivity index (χ4n) is 2.41. The van der Waals surface area contributed by atoms with E-state index >= 15 is 0 Å². The van der Waals surface area contributed by atoms with E-state index in [0.717, 1.165) is 17.9 Å². The number of sulfone groups is 1. The SMILES string of the molecule is CC[C@H](NC(=O)c1cc([N+](=O)[O-])ccc1Cl)c1ccc(S(C)(=O)=O)cc1. The number of hydrogen-bond donors (Lipinski definition) is 1. The van der Waals surface area contributed by atoms with Crippen LogP contribution in [0.2, 0.25) is 5.02 Å². The van der Waals surface area contributed by atoms with Gasteiger partial charge >= 0.3 is 0 Å². The lowest BCUT2D eigenvalue weighted by Crippen LogP contribution is -2.28. The standard InChI is InChI=1S/C17H17ClN2O5S/c1-3-16(11-4-7-13(8-5-11)26(2,24)25)19-17(21)14-10-12(20(22)23)6-9-15(14)18/h4-10,16H,3H2,1-2H3,(H,19,21)/t16-/m0/s1. The second-order valence-corrected chi connectivity index (χ2v) is 8.12. The molecule has 2 aromatic rings. The molecule has 2 rings (SSSR count). The molecule has 0 saturated carbocycles. The highest BCUT2D eigenvalue weighted by molar-refractivity contribution is 7.90. The highest BCUT2D eigenvalue weighted by Crippen LogP contribution is 2.24. The van der Waals surface area contributed by atoms with Crippen LogP contribution in [0, 0.1) is 10.1 Å². The topological polar surface area (TPSA) is 106 Å². The Morgan fingerprint density at radius 2 is 1.85 bits per heavy atom. The normalized spacial score (nSPS) is 12.4. The lowest BCUT2D eigenvalue weighted by molar-refractivity contribution is -0.384. The number of amides is 1. The summed E-state index contributed by atoms with van der Waals surface area (Å²) in [6.45, 7) is 1.85. The van der Waals surface area contributed by atoms with Crippen LogP contribution >= 0.6 is 11.6 Å². The number of rotatable bonds is 6. The largest absolute Gasteiger partial charge is 0.345 e. The Morgan fingerprint density at radius 1 is 1.23 bits per heavy atom. The van der Waals surface area contributed by atoms with Crippen LogP contribution < -0.4 is 5.32 Å². The van der Waals surface area contributed by atoms with Crippen molar-refractivity contribution >= 4 is 33.0 Å². The molecule has 1 atom stereocenters. The smallest absolute Gasteiger partial charge is 0.270 e. The summed E-state index contributed by atoms with van der Waals surface area (Å²) in [5, 5.41) is 13.8. The molecular weight excluding hydrogens is 380 g/mol. The molecule has 26 heavy (non-hydrogen) atoms. The van der Waals surface area contributed by atoms with Crippen molar-refractivity contribution < 1.29 is 18.1 Å². The number of hydrogen-bond acceptors (Lipinski definition) is 5. The van der Waals surface area contributed by atoms with E-state index in [9.17, 15) is 23.3 Å². The number of nitrogens with zero attached hydrogens (tertiary/aromatic N) is 1. The second kappa shape index (κ2) is 7.84. The number of carbonyl (C=O) groups excluding carboxylic acids is 1. The molecule has 0 radical (unpaired) electrons. The van der Waals surface area contributed by atoms with Gasteiger partial charge in [-0.1, -0.05) is 30.7 Å². The zero-order chi connectivity index (χ0) is 19.5. The van der Waals surface area contributed by atoms with Crippen molar-refractivity contribution in [3.63, 3.8) is 0 Å². The fraction of sp³-hybridized carbons (Fsp3) is 0.235. The molecule has 2 aromatic carbocycles. The second-order valence-electron chi connectivity index (χ2n) is 5.70. The molecule has 0 fully saturated rings. The molecule has 0 aliphatic rings. The molecule has 9 heteroatoms. The van der Waals surface area contributed by atoms with Crippen molar-refractivity contribution in [1.29, 1.82) is 0 Å². The Balaban J connectivity index is 2.26. The Morgan fingerprint density at radius 3 is 2.35 bits per heavy atom. The third kappa shape index (κ3) is 4.59. The average Bonchev–Trinajstić information content (AvgIpc) is 2.59. The molecule has 0 heterocycles. The number of non-ortho nitro benzene ring substituents is 1. The van der Waals surface area contributed by atoms with Gasteiger partial charge in [0.25, 0.3) is 11.6 Å². The summed E-state index contributed by atoms with van der Waals surface area (Å²) < 4.78 is 23.1. The third-order valence-electron chi connectivity index (χ3n) is 3.83. The third-order valence-corrected chi connectivity index (χ3v) is 5.29. The predicted octanol–water partition coefficient (Wildman–Crippen LogP) is 3.53. The molecule has 0 unspecified atom stereocenters. The molecule has 7 nitrogen and oxygen atoms in total. The first kappa shape index (κ1) is 19.9. The Bertz CT molecular complexity index is 942. The van der Waals surface area contributed by atoms with Crippen LogP contribution in [-0.4, -0.2) is 25.5 Å². The summed E-state index contributed by atoms with van der Waals surface area (Å²) in [4.78, 5) is 23.0. The van der Waals surface area contributed by atoms with Crippen molar-refractivity contribution in [1.82, 2.24) is 5.32 Å². The van der Waals surface area contributed by atoms with Crippen LogP contribution in [0.15, 0.2) is 47.4 Å². The molecule has 138 valence electrons. The van der Waals surface area contributed by atoms with Gasteiger partial charge in [-0.15, -0.1) is 0 Å². The summed E-state index contributed by atoms with van der Waals surface area (Å²) in [7, 11) is -3.31. The summed E-state index contributed by atoms with van der Waals surface area (Å²) in [5.41, 5.74) is 0.493. The maximum atomic E-state index is 12.5. The number of halogens is 1. The molecule has 0 aliphatic carbocycles. The van der Waals surface area contributed by atoms with Gasteiger partial charge in [0.05, 0.1) is 26.4 Å². The monoisotopic (exact) mass is 396 g/mol. The van der Waals surface area contributed by atoms with E-state index in [1.165, 1.54) is 24.3 Å². The minimum absolute atomic E-state index is 0.00655. The number of nitro groups is 1. The van der Waals surface area contributed by atoms with E-state index in [1.807, 2.05) is 6.92 Å². The van der Waals surface area contributed by atoms with Gasteiger partial charge in [-0.2, -0.15) is 0 Å². The van der Waals surface area contributed by atoms with Gasteiger partial charge in [-0.25, -0.2) is 8.42 Å². The molecule has 1 N–H and O–H groups in total. The van der Waals surface area contributed by atoms with E-state index in [0.29, 0.717) is 6.42 Å². The zero-order valence-corrected chi connectivity index (χ0v) is 15.7. The highest BCUT2D eigenvalue weighted by atomic mass is 35.5. The van der Waals surface area contributed by atoms with Crippen molar-refractivity contribution in [2.24, 2.45) is 0 Å². The average molecular weight is 397 g/mol. The lowest BCUT2D eigenvalue weighted by Gasteiger charge is -2.18. The van der Waals surface area contributed by atoms with Crippen molar-refractivity contribution in [3.05, 3.63) is 68.7 Å². The Hall–Kier alpha value is -2.45. The van der Waals surface area contributed by atoms with Gasteiger partial charge in [0.1, 0.15) is 0 Å². The summed E-state index contributed by atoms with van der Waals surface area (Å²) in [6, 6.07) is 9.44. The number of carbonyl (C=O) groups is 1. The van der Waals surface area contributed by atoms with E-state index in [1.54, 1.807) is 12.1 Å². The first-order valence-corrected chi connectivity index (χ1v) is 9.95. The van der Waals surface area contributed by atoms with E-state index in [-0.39, 0.29) is 21.2 Å². The van der Waals surface area contributed by atoms with E-state index < -0.39 is 26.7 Å². The van der Waals surface area contributed by atoms with E-state index in [2.05, 4.69) is 5.32 Å².